The van der Waals surface area contributed by atoms with Gasteiger partial charge < -0.3 is 10.2 Å². The average Bonchev–Trinajstić information content (AvgIpc) is 2.43. The van der Waals surface area contributed by atoms with Gasteiger partial charge in [-0.3, -0.25) is 4.79 Å². The van der Waals surface area contributed by atoms with E-state index in [0.717, 1.165) is 5.57 Å². The first-order valence-corrected chi connectivity index (χ1v) is 6.85. The van der Waals surface area contributed by atoms with E-state index in [-0.39, 0.29) is 17.6 Å². The van der Waals surface area contributed by atoms with Crippen LogP contribution in [-0.2, 0) is 4.79 Å². The number of hydrogen-bond donors (Lipinski definition) is 2. The Morgan fingerprint density at radius 1 is 1.28 bits per heavy atom. The van der Waals surface area contributed by atoms with Crippen molar-refractivity contribution < 1.29 is 15.0 Å². The molecule has 3 unspecified atom stereocenters. The number of carbonyl (C=O) groups excluding carboxylic acids is 1. The first-order chi connectivity index (χ1) is 8.21. The Hall–Kier alpha value is -0.670. The maximum atomic E-state index is 11.9. The lowest BCUT2D eigenvalue weighted by molar-refractivity contribution is -0.115. The van der Waals surface area contributed by atoms with Crippen LogP contribution in [0.3, 0.4) is 0 Å². The summed E-state index contributed by atoms with van der Waals surface area (Å²) < 4.78 is 0. The number of carbonyl (C=O) groups is 1. The molecule has 0 aromatic carbocycles. The fraction of sp³-hybridized carbons (Fsp3) is 0.800. The van der Waals surface area contributed by atoms with Crippen LogP contribution in [0.15, 0.2) is 11.1 Å². The van der Waals surface area contributed by atoms with Gasteiger partial charge in [0, 0.05) is 12.3 Å². The molecular weight excluding hydrogens is 228 g/mol. The van der Waals surface area contributed by atoms with Gasteiger partial charge in [0.15, 0.2) is 5.78 Å². The summed E-state index contributed by atoms with van der Waals surface area (Å²) in [6, 6.07) is 0. The summed E-state index contributed by atoms with van der Waals surface area (Å²) in [5, 5.41) is 20.5. The normalized spacial score (nSPS) is 37.8. The van der Waals surface area contributed by atoms with E-state index in [2.05, 4.69) is 6.92 Å². The fourth-order valence-electron chi connectivity index (χ4n) is 3.59. The molecule has 102 valence electrons. The summed E-state index contributed by atoms with van der Waals surface area (Å²) in [6.45, 7) is 7.49. The molecule has 0 amide bonds. The van der Waals surface area contributed by atoms with Crippen LogP contribution in [0.4, 0.5) is 0 Å². The highest BCUT2D eigenvalue weighted by Gasteiger charge is 2.43. The van der Waals surface area contributed by atoms with Gasteiger partial charge >= 0.3 is 0 Å². The van der Waals surface area contributed by atoms with Crippen LogP contribution < -0.4 is 0 Å². The molecule has 0 aromatic rings. The molecule has 18 heavy (non-hydrogen) atoms. The predicted molar refractivity (Wildman–Crippen MR) is 70.0 cm³/mol. The second-order valence-corrected chi connectivity index (χ2v) is 6.63. The summed E-state index contributed by atoms with van der Waals surface area (Å²) >= 11 is 0. The molecule has 1 saturated carbocycles. The lowest BCUT2D eigenvalue weighted by Crippen LogP contribution is -2.39. The van der Waals surface area contributed by atoms with E-state index >= 15 is 0 Å². The van der Waals surface area contributed by atoms with Crippen LogP contribution in [-0.4, -0.2) is 27.7 Å². The van der Waals surface area contributed by atoms with Crippen molar-refractivity contribution >= 4 is 5.78 Å². The third kappa shape index (κ3) is 2.26. The monoisotopic (exact) mass is 252 g/mol. The SMILES string of the molecule is CC1=C2CC(C(C)(C)O)C(O)CC(C)[C@@H]2CC1=O. The minimum atomic E-state index is -0.910. The van der Waals surface area contributed by atoms with E-state index in [1.807, 2.05) is 6.92 Å². The van der Waals surface area contributed by atoms with Gasteiger partial charge in [0.25, 0.3) is 0 Å². The third-order valence-corrected chi connectivity index (χ3v) is 4.86. The minimum Gasteiger partial charge on any atom is -0.393 e. The van der Waals surface area contributed by atoms with E-state index in [1.165, 1.54) is 5.57 Å². The molecular formula is C15H24O3. The number of allylic oxidation sites excluding steroid dienone is 2. The Labute approximate surface area is 109 Å². The zero-order valence-electron chi connectivity index (χ0n) is 11.7. The quantitative estimate of drug-likeness (QED) is 0.751. The molecule has 2 aliphatic carbocycles. The summed E-state index contributed by atoms with van der Waals surface area (Å²) in [5.41, 5.74) is 1.14. The van der Waals surface area contributed by atoms with E-state index in [4.69, 9.17) is 0 Å². The van der Waals surface area contributed by atoms with Crippen molar-refractivity contribution in [1.29, 1.82) is 0 Å². The van der Waals surface area contributed by atoms with E-state index < -0.39 is 11.7 Å². The van der Waals surface area contributed by atoms with Gasteiger partial charge in [0.2, 0.25) is 0 Å². The summed E-state index contributed by atoms with van der Waals surface area (Å²) in [5.74, 6) is 0.650. The molecule has 3 heteroatoms. The fourth-order valence-corrected chi connectivity index (χ4v) is 3.59. The Bertz CT molecular complexity index is 389. The van der Waals surface area contributed by atoms with Gasteiger partial charge in [-0.05, 0) is 51.0 Å². The van der Waals surface area contributed by atoms with Crippen molar-refractivity contribution in [3.8, 4) is 0 Å². The molecule has 0 aromatic heterocycles. The average molecular weight is 252 g/mol. The Morgan fingerprint density at radius 3 is 2.44 bits per heavy atom. The molecule has 0 bridgehead atoms. The number of aliphatic hydroxyl groups excluding tert-OH is 1. The van der Waals surface area contributed by atoms with Crippen LogP contribution >= 0.6 is 0 Å². The lowest BCUT2D eigenvalue weighted by atomic mass is 9.81. The van der Waals surface area contributed by atoms with Crippen LogP contribution in [0.2, 0.25) is 0 Å². The maximum Gasteiger partial charge on any atom is 0.159 e. The van der Waals surface area contributed by atoms with Gasteiger partial charge in [-0.2, -0.15) is 0 Å². The molecule has 2 N–H and O–H groups in total. The first kappa shape index (κ1) is 13.8. The molecule has 3 nitrogen and oxygen atoms in total. The lowest BCUT2D eigenvalue weighted by Gasteiger charge is -2.32. The highest BCUT2D eigenvalue weighted by atomic mass is 16.3. The van der Waals surface area contributed by atoms with Crippen molar-refractivity contribution in [3.63, 3.8) is 0 Å². The maximum absolute atomic E-state index is 11.9. The van der Waals surface area contributed by atoms with Gasteiger partial charge in [0.1, 0.15) is 0 Å². The highest BCUT2D eigenvalue weighted by Crippen LogP contribution is 2.46. The van der Waals surface area contributed by atoms with Crippen LogP contribution in [0, 0.1) is 17.8 Å². The van der Waals surface area contributed by atoms with E-state index in [0.29, 0.717) is 25.2 Å². The first-order valence-electron chi connectivity index (χ1n) is 6.85. The second-order valence-electron chi connectivity index (χ2n) is 6.63. The number of ketones is 1. The molecule has 0 spiro atoms. The molecule has 0 heterocycles. The minimum absolute atomic E-state index is 0.180. The third-order valence-electron chi connectivity index (χ3n) is 4.86. The van der Waals surface area contributed by atoms with Crippen LogP contribution in [0.25, 0.3) is 0 Å². The van der Waals surface area contributed by atoms with Crippen molar-refractivity contribution in [2.24, 2.45) is 17.8 Å². The number of hydrogen-bond acceptors (Lipinski definition) is 3. The molecule has 4 atom stereocenters. The van der Waals surface area contributed by atoms with Crippen molar-refractivity contribution in [2.75, 3.05) is 0 Å². The van der Waals surface area contributed by atoms with Crippen molar-refractivity contribution in [1.82, 2.24) is 0 Å². The van der Waals surface area contributed by atoms with Gasteiger partial charge in [-0.1, -0.05) is 12.5 Å². The summed E-state index contributed by atoms with van der Waals surface area (Å²) in [7, 11) is 0. The zero-order chi connectivity index (χ0) is 13.7. The van der Waals surface area contributed by atoms with Crippen LogP contribution in [0.1, 0.15) is 47.0 Å². The summed E-state index contributed by atoms with van der Waals surface area (Å²) in [6.07, 6.45) is 1.43. The largest absolute Gasteiger partial charge is 0.393 e. The number of fused-ring (bicyclic) bond motifs is 1. The number of rotatable bonds is 1. The van der Waals surface area contributed by atoms with E-state index in [9.17, 15) is 15.0 Å². The molecule has 0 radical (unpaired) electrons. The number of aliphatic hydroxyl groups is 2. The van der Waals surface area contributed by atoms with Gasteiger partial charge in [-0.25, -0.2) is 0 Å². The van der Waals surface area contributed by atoms with E-state index in [1.54, 1.807) is 13.8 Å². The topological polar surface area (TPSA) is 57.5 Å². The van der Waals surface area contributed by atoms with Gasteiger partial charge in [-0.15, -0.1) is 0 Å². The molecule has 0 aliphatic heterocycles. The second kappa shape index (κ2) is 4.46. The smallest absolute Gasteiger partial charge is 0.159 e. The van der Waals surface area contributed by atoms with Crippen molar-refractivity contribution in [2.45, 2.75) is 58.7 Å². The predicted octanol–water partition coefficient (Wildman–Crippen LogP) is 2.07. The molecule has 0 saturated heterocycles. The van der Waals surface area contributed by atoms with Crippen molar-refractivity contribution in [3.05, 3.63) is 11.1 Å². The standard InChI is InChI=1S/C15H24O3/c1-8-5-14(17)12(15(3,4)18)6-11-9(2)13(16)7-10(8)11/h8,10,12,14,17-18H,5-7H2,1-4H3/t8?,10-,12?,14?/m0/s1. The molecule has 2 aliphatic rings. The molecule has 2 rings (SSSR count). The highest BCUT2D eigenvalue weighted by molar-refractivity contribution is 5.98. The zero-order valence-corrected chi connectivity index (χ0v) is 11.7. The van der Waals surface area contributed by atoms with Gasteiger partial charge in [0.05, 0.1) is 11.7 Å². The van der Waals surface area contributed by atoms with Crippen LogP contribution in [0.5, 0.6) is 0 Å². The Balaban J connectivity index is 2.37. The summed E-state index contributed by atoms with van der Waals surface area (Å²) in [4.78, 5) is 11.9. The Kier molecular flexibility index (Phi) is 3.41. The number of Topliss-reactive ketones (excluding diaryl/α,β-unsaturated/α-hetero) is 1. The molecule has 1 fully saturated rings. The Morgan fingerprint density at radius 2 is 1.89 bits per heavy atom.